The molecule has 2 fully saturated rings. The molecule has 0 bridgehead atoms. The van der Waals surface area contributed by atoms with Gasteiger partial charge in [0.15, 0.2) is 0 Å². The number of likely N-dealkylation sites (tertiary alicyclic amines) is 1. The van der Waals surface area contributed by atoms with Gasteiger partial charge < -0.3 is 10.5 Å². The zero-order chi connectivity index (χ0) is 12.1. The molecule has 2 aliphatic heterocycles. The third-order valence-corrected chi connectivity index (χ3v) is 4.18. The van der Waals surface area contributed by atoms with Gasteiger partial charge >= 0.3 is 0 Å². The fourth-order valence-electron chi connectivity index (χ4n) is 2.93. The van der Waals surface area contributed by atoms with Crippen LogP contribution in [0, 0.1) is 5.92 Å². The molecule has 2 rings (SSSR count). The van der Waals surface area contributed by atoms with Gasteiger partial charge in [-0.05, 0) is 25.3 Å². The number of ether oxygens (including phenoxy) is 1. The van der Waals surface area contributed by atoms with Gasteiger partial charge in [-0.25, -0.2) is 0 Å². The van der Waals surface area contributed by atoms with E-state index in [1.165, 1.54) is 32.5 Å². The highest BCUT2D eigenvalue weighted by Gasteiger charge is 2.25. The number of hydrogen-bond acceptors (Lipinski definition) is 4. The van der Waals surface area contributed by atoms with E-state index >= 15 is 0 Å². The fraction of sp³-hybridized carbons (Fsp3) is 1.00. The highest BCUT2D eigenvalue weighted by atomic mass is 35.5. The van der Waals surface area contributed by atoms with E-state index in [9.17, 15) is 0 Å². The summed E-state index contributed by atoms with van der Waals surface area (Å²) in [6.45, 7) is 10.7. The largest absolute Gasteiger partial charge is 0.379 e. The van der Waals surface area contributed by atoms with Crippen molar-refractivity contribution >= 4 is 24.8 Å². The van der Waals surface area contributed by atoms with E-state index < -0.39 is 0 Å². The van der Waals surface area contributed by atoms with E-state index in [0.29, 0.717) is 6.04 Å². The summed E-state index contributed by atoms with van der Waals surface area (Å²) in [6, 6.07) is 0.611. The molecule has 2 aliphatic rings. The van der Waals surface area contributed by atoms with E-state index in [2.05, 4.69) is 16.7 Å². The lowest BCUT2D eigenvalue weighted by atomic mass is 9.92. The van der Waals surface area contributed by atoms with Crippen LogP contribution in [0.5, 0.6) is 0 Å². The number of hydrogen-bond donors (Lipinski definition) is 1. The Morgan fingerprint density at radius 2 is 1.79 bits per heavy atom. The Hall–Kier alpha value is 0.420. The molecule has 2 unspecified atom stereocenters. The van der Waals surface area contributed by atoms with Crippen molar-refractivity contribution in [2.75, 3.05) is 52.5 Å². The molecule has 2 saturated heterocycles. The summed E-state index contributed by atoms with van der Waals surface area (Å²) in [5.41, 5.74) is 5.89. The monoisotopic (exact) mass is 313 g/mol. The van der Waals surface area contributed by atoms with Crippen molar-refractivity contribution in [3.05, 3.63) is 0 Å². The second-order valence-corrected chi connectivity index (χ2v) is 5.51. The Labute approximate surface area is 129 Å². The Morgan fingerprint density at radius 3 is 2.42 bits per heavy atom. The van der Waals surface area contributed by atoms with E-state index in [0.717, 1.165) is 38.8 Å². The van der Waals surface area contributed by atoms with Crippen LogP contribution in [0.15, 0.2) is 0 Å². The van der Waals surface area contributed by atoms with Crippen molar-refractivity contribution in [1.82, 2.24) is 9.80 Å². The molecule has 0 aromatic rings. The molecular formula is C13H29Cl2N3O. The quantitative estimate of drug-likeness (QED) is 0.847. The molecule has 0 amide bonds. The molecule has 0 aromatic carbocycles. The summed E-state index contributed by atoms with van der Waals surface area (Å²) >= 11 is 0. The first-order valence-electron chi connectivity index (χ1n) is 7.04. The summed E-state index contributed by atoms with van der Waals surface area (Å²) in [5, 5.41) is 0. The number of rotatable bonds is 4. The molecule has 0 aliphatic carbocycles. The van der Waals surface area contributed by atoms with Crippen molar-refractivity contribution < 1.29 is 4.74 Å². The topological polar surface area (TPSA) is 41.7 Å². The molecule has 0 radical (unpaired) electrons. The first-order valence-corrected chi connectivity index (χ1v) is 7.04. The highest BCUT2D eigenvalue weighted by molar-refractivity contribution is 5.85. The minimum Gasteiger partial charge on any atom is -0.379 e. The minimum absolute atomic E-state index is 0. The number of morpholine rings is 1. The van der Waals surface area contributed by atoms with Crippen LogP contribution < -0.4 is 5.73 Å². The van der Waals surface area contributed by atoms with Gasteiger partial charge in [-0.2, -0.15) is 0 Å². The molecule has 4 nitrogen and oxygen atoms in total. The van der Waals surface area contributed by atoms with Crippen LogP contribution in [0.25, 0.3) is 0 Å². The first-order chi connectivity index (χ1) is 8.29. The molecule has 2 heterocycles. The molecule has 0 saturated carbocycles. The fourth-order valence-corrected chi connectivity index (χ4v) is 2.93. The van der Waals surface area contributed by atoms with Gasteiger partial charge in [-0.3, -0.25) is 9.80 Å². The SMILES string of the molecule is CC1CCN(CCN2CCOCC2)C(CN)C1.Cl.Cl. The van der Waals surface area contributed by atoms with E-state index in [1.54, 1.807) is 0 Å². The van der Waals surface area contributed by atoms with E-state index in [1.807, 2.05) is 0 Å². The van der Waals surface area contributed by atoms with Crippen molar-refractivity contribution in [2.45, 2.75) is 25.8 Å². The number of halogens is 2. The Bertz CT molecular complexity index is 228. The summed E-state index contributed by atoms with van der Waals surface area (Å²) < 4.78 is 5.37. The lowest BCUT2D eigenvalue weighted by Gasteiger charge is -2.39. The predicted octanol–water partition coefficient (Wildman–Crippen LogP) is 1.22. The van der Waals surface area contributed by atoms with Gasteiger partial charge in [-0.15, -0.1) is 24.8 Å². The van der Waals surface area contributed by atoms with Crippen molar-refractivity contribution in [1.29, 1.82) is 0 Å². The maximum atomic E-state index is 5.89. The van der Waals surface area contributed by atoms with Gasteiger partial charge in [0.1, 0.15) is 0 Å². The second-order valence-electron chi connectivity index (χ2n) is 5.51. The second kappa shape index (κ2) is 10.2. The summed E-state index contributed by atoms with van der Waals surface area (Å²) in [7, 11) is 0. The first kappa shape index (κ1) is 19.4. The van der Waals surface area contributed by atoms with Crippen LogP contribution in [0.2, 0.25) is 0 Å². The molecule has 2 atom stereocenters. The van der Waals surface area contributed by atoms with Crippen molar-refractivity contribution in [2.24, 2.45) is 11.7 Å². The molecule has 2 N–H and O–H groups in total. The number of piperidine rings is 1. The normalized spacial score (nSPS) is 29.4. The number of nitrogens with zero attached hydrogens (tertiary/aromatic N) is 2. The highest BCUT2D eigenvalue weighted by Crippen LogP contribution is 2.21. The smallest absolute Gasteiger partial charge is 0.0594 e. The molecule has 6 heteroatoms. The van der Waals surface area contributed by atoms with Crippen LogP contribution in [0.3, 0.4) is 0 Å². The zero-order valence-corrected chi connectivity index (χ0v) is 13.6. The van der Waals surface area contributed by atoms with Crippen LogP contribution in [0.1, 0.15) is 19.8 Å². The van der Waals surface area contributed by atoms with Crippen LogP contribution in [-0.4, -0.2) is 68.3 Å². The molecule has 0 aromatic heterocycles. The molecule has 19 heavy (non-hydrogen) atoms. The van der Waals surface area contributed by atoms with E-state index in [4.69, 9.17) is 10.5 Å². The molecule has 116 valence electrons. The Balaban J connectivity index is 0.00000162. The van der Waals surface area contributed by atoms with Gasteiger partial charge in [0.25, 0.3) is 0 Å². The zero-order valence-electron chi connectivity index (χ0n) is 11.9. The average Bonchev–Trinajstić information content (AvgIpc) is 2.38. The third kappa shape index (κ3) is 6.15. The third-order valence-electron chi connectivity index (χ3n) is 4.18. The van der Waals surface area contributed by atoms with Gasteiger partial charge in [0.05, 0.1) is 13.2 Å². The van der Waals surface area contributed by atoms with Crippen molar-refractivity contribution in [3.63, 3.8) is 0 Å². The summed E-state index contributed by atoms with van der Waals surface area (Å²) in [5.74, 6) is 0.850. The lowest BCUT2D eigenvalue weighted by Crippen LogP contribution is -2.50. The van der Waals surface area contributed by atoms with Gasteiger partial charge in [0, 0.05) is 38.8 Å². The predicted molar refractivity (Wildman–Crippen MR) is 84.6 cm³/mol. The maximum Gasteiger partial charge on any atom is 0.0594 e. The Kier molecular flexibility index (Phi) is 10.4. The van der Waals surface area contributed by atoms with Gasteiger partial charge in [-0.1, -0.05) is 6.92 Å². The molecule has 0 spiro atoms. The van der Waals surface area contributed by atoms with Crippen LogP contribution >= 0.6 is 24.8 Å². The number of nitrogens with two attached hydrogens (primary N) is 1. The summed E-state index contributed by atoms with van der Waals surface area (Å²) in [6.07, 6.45) is 2.61. The van der Waals surface area contributed by atoms with Gasteiger partial charge in [0.2, 0.25) is 0 Å². The van der Waals surface area contributed by atoms with E-state index in [-0.39, 0.29) is 24.8 Å². The van der Waals surface area contributed by atoms with Crippen molar-refractivity contribution in [3.8, 4) is 0 Å². The van der Waals surface area contributed by atoms with Crippen LogP contribution in [-0.2, 0) is 4.74 Å². The molecular weight excluding hydrogens is 285 g/mol. The minimum atomic E-state index is 0. The summed E-state index contributed by atoms with van der Waals surface area (Å²) in [4.78, 5) is 5.10. The maximum absolute atomic E-state index is 5.89. The Morgan fingerprint density at radius 1 is 1.11 bits per heavy atom. The average molecular weight is 314 g/mol. The van der Waals surface area contributed by atoms with Crippen LogP contribution in [0.4, 0.5) is 0 Å². The lowest BCUT2D eigenvalue weighted by molar-refractivity contribution is 0.0267. The standard InChI is InChI=1S/C13H27N3O.2ClH/c1-12-2-3-16(13(10-12)11-14)5-4-15-6-8-17-9-7-15;;/h12-13H,2-11,14H2,1H3;2*1H.